The van der Waals surface area contributed by atoms with Crippen LogP contribution in [-0.4, -0.2) is 154 Å². The van der Waals surface area contributed by atoms with E-state index in [0.29, 0.717) is 49.9 Å². The molecule has 0 bridgehead atoms. The zero-order valence-electron chi connectivity index (χ0n) is 42.7. The Kier molecular flexibility index (Phi) is 27.6. The van der Waals surface area contributed by atoms with Crippen LogP contribution in [0, 0.1) is 16.2 Å². The van der Waals surface area contributed by atoms with E-state index in [1.54, 1.807) is 12.3 Å². The van der Waals surface area contributed by atoms with Gasteiger partial charge in [0.1, 0.15) is 36.3 Å². The van der Waals surface area contributed by atoms with E-state index in [2.05, 4.69) is 62.8 Å². The molecule has 0 aliphatic carbocycles. The molecular formula is C47H79N21O8. The summed E-state index contributed by atoms with van der Waals surface area (Å²) in [6.45, 7) is 1.10. The van der Waals surface area contributed by atoms with Crippen molar-refractivity contribution in [3.05, 3.63) is 54.2 Å². The van der Waals surface area contributed by atoms with Crippen LogP contribution in [0.5, 0.6) is 0 Å². The van der Waals surface area contributed by atoms with Gasteiger partial charge in [0, 0.05) is 55.8 Å². The first-order valence-corrected chi connectivity index (χ1v) is 25.3. The number of benzene rings is 1. The van der Waals surface area contributed by atoms with Crippen molar-refractivity contribution in [1.82, 2.24) is 62.8 Å². The number of carbonyl (C=O) groups excluding carboxylic acids is 6. The molecule has 29 heteroatoms. The first kappa shape index (κ1) is 62.2. The molecule has 0 unspecified atom stereocenters. The number of fused-ring (bicyclic) bond motifs is 1. The van der Waals surface area contributed by atoms with Crippen molar-refractivity contribution in [3.8, 4) is 0 Å². The molecule has 7 atom stereocenters. The number of H-pyrrole nitrogens is 2. The number of aromatic nitrogens is 3. The number of amides is 6. The Balaban J connectivity index is 1.99. The van der Waals surface area contributed by atoms with Crippen molar-refractivity contribution in [2.24, 2.45) is 34.4 Å². The van der Waals surface area contributed by atoms with Crippen LogP contribution in [0.2, 0.25) is 0 Å². The minimum atomic E-state index is -1.39. The summed E-state index contributed by atoms with van der Waals surface area (Å²) >= 11 is 0. The summed E-state index contributed by atoms with van der Waals surface area (Å²) in [4.78, 5) is 107. The molecule has 0 spiro atoms. The van der Waals surface area contributed by atoms with Gasteiger partial charge in [-0.3, -0.25) is 45.0 Å². The lowest BCUT2D eigenvalue weighted by atomic mass is 10.0. The average Bonchev–Trinajstić information content (AvgIpc) is 4.05. The number of nitrogens with two attached hydrogens (primary N) is 6. The van der Waals surface area contributed by atoms with Gasteiger partial charge in [0.15, 0.2) is 17.9 Å². The number of unbranched alkanes of at least 4 members (excludes halogenated alkanes) is 2. The van der Waals surface area contributed by atoms with Gasteiger partial charge in [-0.1, -0.05) is 24.6 Å². The lowest BCUT2D eigenvalue weighted by Crippen LogP contribution is -2.60. The van der Waals surface area contributed by atoms with E-state index >= 15 is 0 Å². The van der Waals surface area contributed by atoms with Gasteiger partial charge in [-0.2, -0.15) is 0 Å². The van der Waals surface area contributed by atoms with Crippen molar-refractivity contribution < 1.29 is 38.7 Å². The van der Waals surface area contributed by atoms with Gasteiger partial charge < -0.3 is 97.3 Å². The van der Waals surface area contributed by atoms with Gasteiger partial charge in [0.25, 0.3) is 0 Å². The summed E-state index contributed by atoms with van der Waals surface area (Å²) in [5, 5.41) is 57.2. The summed E-state index contributed by atoms with van der Waals surface area (Å²) in [7, 11) is 0. The second kappa shape index (κ2) is 33.7. The van der Waals surface area contributed by atoms with Crippen LogP contribution in [0.25, 0.3) is 10.9 Å². The maximum absolute atomic E-state index is 14.7. The molecule has 0 saturated heterocycles. The molecule has 27 N–H and O–H groups in total. The first-order valence-electron chi connectivity index (χ1n) is 25.3. The Bertz CT molecular complexity index is 2360. The van der Waals surface area contributed by atoms with Gasteiger partial charge in [0.2, 0.25) is 35.4 Å². The van der Waals surface area contributed by atoms with E-state index in [0.717, 1.165) is 10.9 Å². The van der Waals surface area contributed by atoms with Crippen LogP contribution < -0.4 is 82.3 Å². The smallest absolute Gasteiger partial charge is 0.326 e. The van der Waals surface area contributed by atoms with E-state index < -0.39 is 83.7 Å². The average molecular weight is 1070 g/mol. The lowest BCUT2D eigenvalue weighted by Gasteiger charge is -2.28. The molecule has 3 aromatic rings. The van der Waals surface area contributed by atoms with Crippen LogP contribution in [0.3, 0.4) is 0 Å². The Morgan fingerprint density at radius 1 is 0.539 bits per heavy atom. The molecule has 3 rings (SSSR count). The van der Waals surface area contributed by atoms with Gasteiger partial charge in [-0.05, 0) is 95.3 Å². The fourth-order valence-electron chi connectivity index (χ4n) is 7.97. The normalized spacial score (nSPS) is 13.8. The largest absolute Gasteiger partial charge is 0.480 e. The number of carboxylic acids is 1. The third kappa shape index (κ3) is 23.0. The van der Waals surface area contributed by atoms with E-state index in [1.165, 1.54) is 12.5 Å². The molecule has 1 aromatic carbocycles. The predicted octanol–water partition coefficient (Wildman–Crippen LogP) is -3.96. The number of hydrogen-bond donors (Lipinski definition) is 21. The molecule has 2 heterocycles. The monoisotopic (exact) mass is 1070 g/mol. The molecule has 6 amide bonds. The second-order valence-electron chi connectivity index (χ2n) is 18.2. The molecule has 0 aliphatic heterocycles. The Morgan fingerprint density at radius 2 is 0.961 bits per heavy atom. The Labute approximate surface area is 440 Å². The van der Waals surface area contributed by atoms with E-state index in [4.69, 9.17) is 50.6 Å². The number of nitrogens with zero attached hydrogens (tertiary/aromatic N) is 1. The molecule has 0 radical (unpaired) electrons. The van der Waals surface area contributed by atoms with Crippen LogP contribution in [0.1, 0.15) is 88.3 Å². The van der Waals surface area contributed by atoms with Gasteiger partial charge in [-0.15, -0.1) is 0 Å². The number of nitrogens with one attached hydrogen (secondary N) is 14. The maximum Gasteiger partial charge on any atom is 0.326 e. The highest BCUT2D eigenvalue weighted by atomic mass is 16.4. The van der Waals surface area contributed by atoms with Crippen molar-refractivity contribution >= 4 is 70.2 Å². The van der Waals surface area contributed by atoms with Crippen molar-refractivity contribution in [2.45, 2.75) is 132 Å². The van der Waals surface area contributed by atoms with E-state index in [1.807, 2.05) is 18.2 Å². The van der Waals surface area contributed by atoms with Crippen molar-refractivity contribution in [3.63, 3.8) is 0 Å². The quantitative estimate of drug-likeness (QED) is 0.0149. The van der Waals surface area contributed by atoms with Crippen LogP contribution in [0.4, 0.5) is 0 Å². The summed E-state index contributed by atoms with van der Waals surface area (Å²) in [5.41, 5.74) is 35.6. The number of para-hydroxylation sites is 1. The van der Waals surface area contributed by atoms with Crippen LogP contribution in [0.15, 0.2) is 43.0 Å². The molecule has 76 heavy (non-hydrogen) atoms. The number of hydrogen-bond acceptors (Lipinski definition) is 14. The highest BCUT2D eigenvalue weighted by Crippen LogP contribution is 2.20. The van der Waals surface area contributed by atoms with Crippen LogP contribution in [-0.2, 0) is 46.4 Å². The SMILES string of the molecule is N=C(N)NCCC[C@H](NC(=O)[C@H](Cc1c[nH]cn1)NC(=O)[C@H](CCCCN)NC(=O)[C@H](CCCNC(=N)N)NC(=O)[C@H](Cc1c[nH]c2ccccc12)NC(=O)[C@H](CCCNC(=N)N)NC(=O)[C@@H](N)CCCCN)C(=O)O. The second-order valence-corrected chi connectivity index (χ2v) is 18.2. The van der Waals surface area contributed by atoms with Gasteiger partial charge >= 0.3 is 5.97 Å². The minimum absolute atomic E-state index is 0.0178. The number of aliphatic carboxylic acids is 1. The summed E-state index contributed by atoms with van der Waals surface area (Å²) in [6, 6.07) is -1.78. The number of aromatic amines is 2. The third-order valence-corrected chi connectivity index (χ3v) is 12.1. The molecule has 0 saturated carbocycles. The molecule has 0 aliphatic rings. The number of rotatable bonds is 37. The highest BCUT2D eigenvalue weighted by Gasteiger charge is 2.34. The maximum atomic E-state index is 14.7. The first-order chi connectivity index (χ1) is 36.3. The van der Waals surface area contributed by atoms with Gasteiger partial charge in [0.05, 0.1) is 18.1 Å². The zero-order valence-corrected chi connectivity index (χ0v) is 42.7. The molecule has 0 fully saturated rings. The highest BCUT2D eigenvalue weighted by molar-refractivity contribution is 5.97. The van der Waals surface area contributed by atoms with Crippen molar-refractivity contribution in [2.75, 3.05) is 32.7 Å². The number of guanidine groups is 3. The minimum Gasteiger partial charge on any atom is -0.480 e. The zero-order chi connectivity index (χ0) is 56.0. The van der Waals surface area contributed by atoms with Gasteiger partial charge in [-0.25, -0.2) is 9.78 Å². The molecule has 2 aromatic heterocycles. The third-order valence-electron chi connectivity index (χ3n) is 12.1. The Morgan fingerprint density at radius 3 is 1.43 bits per heavy atom. The summed E-state index contributed by atoms with van der Waals surface area (Å²) < 4.78 is 0. The number of carbonyl (C=O) groups is 7. The van der Waals surface area contributed by atoms with Crippen molar-refractivity contribution in [1.29, 1.82) is 16.2 Å². The summed E-state index contributed by atoms with van der Waals surface area (Å²) in [5.74, 6) is -6.97. The topological polar surface area (TPSA) is 520 Å². The number of imidazole rings is 1. The van der Waals surface area contributed by atoms with E-state index in [-0.39, 0.29) is 102 Å². The standard InChI is InChI=1S/C47H79N21O8/c48-17-5-3-11-30(50)38(69)63-33(14-7-19-58-45(51)52)41(72)67-36(22-27-24-61-31-12-2-1-10-29(27)31)42(73)65-34(15-8-20-59-46(53)54)39(70)64-32(13-4-6-18-49)40(71)68-37(23-28-25-57-26-62-28)43(74)66-35(44(75)76)16-9-21-60-47(55)56/h1-2,10,12,24-26,30,32-37,61H,3-9,11,13-23,48-50H2,(H,57,62)(H,63,69)(H,64,70)(H,65,73)(H,66,74)(H,67,72)(H,68,71)(H,75,76)(H4,51,52,58)(H4,53,54,59)(H4,55,56,60)/t30-,32-,33-,34-,35-,36-,37-/m0/s1. The number of carboxylic acid groups (broad SMARTS) is 1. The summed E-state index contributed by atoms with van der Waals surface area (Å²) in [6.07, 6.45) is 7.09. The van der Waals surface area contributed by atoms with E-state index in [9.17, 15) is 38.7 Å². The fourth-order valence-corrected chi connectivity index (χ4v) is 7.97. The van der Waals surface area contributed by atoms with Crippen LogP contribution >= 0.6 is 0 Å². The molecular weight excluding hydrogens is 987 g/mol. The predicted molar refractivity (Wildman–Crippen MR) is 285 cm³/mol. The fraction of sp³-hybridized carbons (Fsp3) is 0.553. The lowest BCUT2D eigenvalue weighted by molar-refractivity contribution is -0.142. The Hall–Kier alpha value is -8.05. The molecule has 420 valence electrons. The molecule has 29 nitrogen and oxygen atoms in total.